The molecule has 0 aliphatic heterocycles. The number of fused-ring (bicyclic) bond motifs is 1. The number of para-hydroxylation sites is 1. The zero-order valence-corrected chi connectivity index (χ0v) is 12.0. The molecule has 0 spiro atoms. The fraction of sp³-hybridized carbons (Fsp3) is 0.125. The molecule has 4 nitrogen and oxygen atoms in total. The second-order valence-corrected chi connectivity index (χ2v) is 5.60. The summed E-state index contributed by atoms with van der Waals surface area (Å²) in [7, 11) is 0. The Morgan fingerprint density at radius 2 is 2.10 bits per heavy atom. The molecule has 3 aromatic rings. The van der Waals surface area contributed by atoms with Gasteiger partial charge >= 0.3 is 5.97 Å². The molecule has 0 fully saturated rings. The number of hydrogen-bond donors (Lipinski definition) is 1. The lowest BCUT2D eigenvalue weighted by atomic mass is 10.1. The van der Waals surface area contributed by atoms with Gasteiger partial charge in [-0.05, 0) is 42.3 Å². The van der Waals surface area contributed by atoms with Gasteiger partial charge in [0.2, 0.25) is 0 Å². The molecule has 2 heterocycles. The zero-order chi connectivity index (χ0) is 14.7. The first-order chi connectivity index (χ1) is 10.2. The van der Waals surface area contributed by atoms with E-state index in [1.54, 1.807) is 23.7 Å². The number of carboxylic acids is 1. The number of furan rings is 1. The zero-order valence-electron chi connectivity index (χ0n) is 11.2. The van der Waals surface area contributed by atoms with Gasteiger partial charge in [-0.3, -0.25) is 4.79 Å². The van der Waals surface area contributed by atoms with Gasteiger partial charge in [0.1, 0.15) is 10.8 Å². The molecule has 106 valence electrons. The van der Waals surface area contributed by atoms with Crippen molar-refractivity contribution >= 4 is 39.2 Å². The maximum absolute atomic E-state index is 10.8. The lowest BCUT2D eigenvalue weighted by molar-refractivity contribution is -0.136. The minimum Gasteiger partial charge on any atom is -0.481 e. The van der Waals surface area contributed by atoms with Gasteiger partial charge in [-0.1, -0.05) is 12.1 Å². The largest absolute Gasteiger partial charge is 0.481 e. The molecule has 0 bridgehead atoms. The van der Waals surface area contributed by atoms with Gasteiger partial charge in [0.25, 0.3) is 0 Å². The Bertz CT molecular complexity index is 754. The summed E-state index contributed by atoms with van der Waals surface area (Å²) in [5, 5.41) is 9.75. The monoisotopic (exact) mass is 299 g/mol. The van der Waals surface area contributed by atoms with Crippen LogP contribution in [0.5, 0.6) is 0 Å². The normalized spacial score (nSPS) is 11.9. The van der Waals surface area contributed by atoms with Crippen molar-refractivity contribution in [3.05, 3.63) is 53.4 Å². The predicted molar refractivity (Wildman–Crippen MR) is 83.1 cm³/mol. The molecular weight excluding hydrogens is 286 g/mol. The van der Waals surface area contributed by atoms with E-state index < -0.39 is 5.97 Å². The highest BCUT2D eigenvalue weighted by molar-refractivity contribution is 7.19. The fourth-order valence-corrected chi connectivity index (χ4v) is 3.05. The van der Waals surface area contributed by atoms with Gasteiger partial charge in [0, 0.05) is 6.42 Å². The Morgan fingerprint density at radius 3 is 2.81 bits per heavy atom. The first-order valence-electron chi connectivity index (χ1n) is 6.54. The van der Waals surface area contributed by atoms with Crippen molar-refractivity contribution in [2.45, 2.75) is 12.8 Å². The highest BCUT2D eigenvalue weighted by Gasteiger charge is 2.11. The summed E-state index contributed by atoms with van der Waals surface area (Å²) in [5.74, 6) is -0.115. The summed E-state index contributed by atoms with van der Waals surface area (Å²) in [6.45, 7) is 0. The highest BCUT2D eigenvalue weighted by Crippen LogP contribution is 2.30. The number of carbonyl (C=O) groups is 1. The number of allylic oxidation sites excluding steroid dienone is 1. The lowest BCUT2D eigenvalue weighted by Crippen LogP contribution is -1.95. The smallest absolute Gasteiger partial charge is 0.303 e. The first-order valence-corrected chi connectivity index (χ1v) is 7.36. The molecule has 1 aromatic carbocycles. The summed E-state index contributed by atoms with van der Waals surface area (Å²) in [5.41, 5.74) is 1.81. The van der Waals surface area contributed by atoms with E-state index in [0.717, 1.165) is 20.8 Å². The molecule has 0 radical (unpaired) electrons. The van der Waals surface area contributed by atoms with E-state index in [1.807, 2.05) is 36.4 Å². The molecule has 2 aromatic heterocycles. The van der Waals surface area contributed by atoms with Gasteiger partial charge in [0.15, 0.2) is 0 Å². The van der Waals surface area contributed by atoms with Crippen molar-refractivity contribution in [1.82, 2.24) is 4.98 Å². The highest BCUT2D eigenvalue weighted by atomic mass is 32.1. The van der Waals surface area contributed by atoms with Crippen LogP contribution in [0.25, 0.3) is 21.9 Å². The van der Waals surface area contributed by atoms with Crippen molar-refractivity contribution in [2.75, 3.05) is 0 Å². The van der Waals surface area contributed by atoms with Gasteiger partial charge in [-0.15, -0.1) is 11.3 Å². The van der Waals surface area contributed by atoms with Crippen LogP contribution in [0.4, 0.5) is 0 Å². The van der Waals surface area contributed by atoms with Gasteiger partial charge in [-0.2, -0.15) is 0 Å². The molecule has 0 saturated heterocycles. The summed E-state index contributed by atoms with van der Waals surface area (Å²) < 4.78 is 6.41. The number of hydrogen-bond acceptors (Lipinski definition) is 4. The molecule has 0 amide bonds. The van der Waals surface area contributed by atoms with Crippen LogP contribution in [0, 0.1) is 0 Å². The Kier molecular flexibility index (Phi) is 3.83. The molecule has 0 aliphatic rings. The minimum absolute atomic E-state index is 0.0719. The second kappa shape index (κ2) is 5.93. The topological polar surface area (TPSA) is 63.3 Å². The van der Waals surface area contributed by atoms with Crippen LogP contribution < -0.4 is 0 Å². The third kappa shape index (κ3) is 3.20. The van der Waals surface area contributed by atoms with E-state index in [9.17, 15) is 4.79 Å². The van der Waals surface area contributed by atoms with Crippen molar-refractivity contribution in [3.8, 4) is 0 Å². The number of nitrogens with zero attached hydrogens (tertiary/aromatic N) is 1. The molecule has 21 heavy (non-hydrogen) atoms. The van der Waals surface area contributed by atoms with Crippen molar-refractivity contribution < 1.29 is 14.3 Å². The van der Waals surface area contributed by atoms with Crippen LogP contribution >= 0.6 is 11.3 Å². The molecule has 0 atom stereocenters. The van der Waals surface area contributed by atoms with E-state index in [1.165, 1.54) is 0 Å². The second-order valence-electron chi connectivity index (χ2n) is 4.57. The average Bonchev–Trinajstić information content (AvgIpc) is 3.11. The molecule has 5 heteroatoms. The van der Waals surface area contributed by atoms with Crippen LogP contribution in [0.3, 0.4) is 0 Å². The molecular formula is C16H13NO3S. The summed E-state index contributed by atoms with van der Waals surface area (Å²) in [6, 6.07) is 11.5. The lowest BCUT2D eigenvalue weighted by Gasteiger charge is -2.01. The fourth-order valence-electron chi connectivity index (χ4n) is 2.04. The predicted octanol–water partition coefficient (Wildman–Crippen LogP) is 4.29. The summed E-state index contributed by atoms with van der Waals surface area (Å²) in [4.78, 5) is 15.4. The SMILES string of the molecule is O=C(O)CC/C(=C\c1ccco1)c1nc2ccccc2s1. The molecule has 1 N–H and O–H groups in total. The van der Waals surface area contributed by atoms with Crippen molar-refractivity contribution in [2.24, 2.45) is 0 Å². The van der Waals surface area contributed by atoms with E-state index >= 15 is 0 Å². The standard InChI is InChI=1S/C16H13NO3S/c18-15(19)8-7-11(10-12-4-3-9-20-12)16-17-13-5-1-2-6-14(13)21-16/h1-6,9-10H,7-8H2,(H,18,19)/b11-10+. The van der Waals surface area contributed by atoms with Crippen LogP contribution in [0.2, 0.25) is 0 Å². The number of rotatable bonds is 5. The van der Waals surface area contributed by atoms with Gasteiger partial charge in [-0.25, -0.2) is 4.98 Å². The van der Waals surface area contributed by atoms with Crippen molar-refractivity contribution in [3.63, 3.8) is 0 Å². The van der Waals surface area contributed by atoms with Crippen LogP contribution in [0.1, 0.15) is 23.6 Å². The molecule has 0 aliphatic carbocycles. The first kappa shape index (κ1) is 13.6. The minimum atomic E-state index is -0.818. The van der Waals surface area contributed by atoms with Crippen LogP contribution in [0.15, 0.2) is 47.1 Å². The number of aliphatic carboxylic acids is 1. The van der Waals surface area contributed by atoms with Crippen LogP contribution in [-0.2, 0) is 4.79 Å². The van der Waals surface area contributed by atoms with Gasteiger partial charge < -0.3 is 9.52 Å². The summed E-state index contributed by atoms with van der Waals surface area (Å²) in [6.07, 6.45) is 3.96. The Labute approximate surface area is 125 Å². The molecule has 0 unspecified atom stereocenters. The third-order valence-corrected chi connectivity index (χ3v) is 4.15. The van der Waals surface area contributed by atoms with Crippen LogP contribution in [-0.4, -0.2) is 16.1 Å². The maximum Gasteiger partial charge on any atom is 0.303 e. The Morgan fingerprint density at radius 1 is 1.24 bits per heavy atom. The van der Waals surface area contributed by atoms with E-state index in [-0.39, 0.29) is 6.42 Å². The number of thiazole rings is 1. The number of carboxylic acid groups (broad SMARTS) is 1. The number of aromatic nitrogens is 1. The molecule has 3 rings (SSSR count). The third-order valence-electron chi connectivity index (χ3n) is 3.04. The van der Waals surface area contributed by atoms with Gasteiger partial charge in [0.05, 0.1) is 16.5 Å². The Hall–Kier alpha value is -2.40. The maximum atomic E-state index is 10.8. The van der Waals surface area contributed by atoms with E-state index in [0.29, 0.717) is 12.2 Å². The summed E-state index contributed by atoms with van der Waals surface area (Å²) >= 11 is 1.56. The molecule has 0 saturated carbocycles. The quantitative estimate of drug-likeness (QED) is 0.763. The van der Waals surface area contributed by atoms with E-state index in [4.69, 9.17) is 9.52 Å². The number of benzene rings is 1. The van der Waals surface area contributed by atoms with Crippen molar-refractivity contribution in [1.29, 1.82) is 0 Å². The Balaban J connectivity index is 1.99. The average molecular weight is 299 g/mol. The van der Waals surface area contributed by atoms with E-state index in [2.05, 4.69) is 4.98 Å².